The third kappa shape index (κ3) is 5.01. The lowest BCUT2D eigenvalue weighted by Gasteiger charge is -2.40. The molecular formula is C60H49N. The van der Waals surface area contributed by atoms with Crippen molar-refractivity contribution >= 4 is 33.4 Å². The molecule has 0 N–H and O–H groups in total. The first-order valence-electron chi connectivity index (χ1n) is 21.7. The smallest absolute Gasteiger partial charge is 0.0733 e. The minimum absolute atomic E-state index is 0.182. The third-order valence-electron chi connectivity index (χ3n) is 14.2. The SMILES string of the molecule is C=CC1=C(/C=C\C)C(c2ccccc2)(c2ccccc2N(c2ccc3c(c2)C(C)(C)c2ccccc2-3)c2c3c(cc4ccccc24)C(C)(C)c2ccccc2-3)c2ccccc21. The van der Waals surface area contributed by atoms with Crippen molar-refractivity contribution in [1.29, 1.82) is 0 Å². The number of fused-ring (bicyclic) bond motifs is 8. The van der Waals surface area contributed by atoms with E-state index in [0.717, 1.165) is 16.9 Å². The summed E-state index contributed by atoms with van der Waals surface area (Å²) < 4.78 is 0. The molecule has 1 nitrogen and oxygen atoms in total. The molecular weight excluding hydrogens is 735 g/mol. The second kappa shape index (κ2) is 13.5. The van der Waals surface area contributed by atoms with Crippen molar-refractivity contribution in [3.8, 4) is 22.3 Å². The van der Waals surface area contributed by atoms with E-state index >= 15 is 0 Å². The van der Waals surface area contributed by atoms with E-state index in [0.29, 0.717) is 0 Å². The Balaban J connectivity index is 1.32. The highest BCUT2D eigenvalue weighted by molar-refractivity contribution is 6.10. The highest BCUT2D eigenvalue weighted by atomic mass is 15.2. The quantitative estimate of drug-likeness (QED) is 0.156. The molecule has 0 spiro atoms. The van der Waals surface area contributed by atoms with Gasteiger partial charge in [0, 0.05) is 27.5 Å². The molecule has 8 aromatic rings. The normalized spacial score (nSPS) is 17.5. The summed E-state index contributed by atoms with van der Waals surface area (Å²) in [6.45, 7) is 16.2. The lowest BCUT2D eigenvalue weighted by Crippen LogP contribution is -2.31. The van der Waals surface area contributed by atoms with Gasteiger partial charge in [0.1, 0.15) is 0 Å². The van der Waals surface area contributed by atoms with E-state index in [1.165, 1.54) is 88.8 Å². The van der Waals surface area contributed by atoms with Gasteiger partial charge >= 0.3 is 0 Å². The van der Waals surface area contributed by atoms with Gasteiger partial charge in [0.15, 0.2) is 0 Å². The third-order valence-corrected chi connectivity index (χ3v) is 14.2. The van der Waals surface area contributed by atoms with E-state index in [9.17, 15) is 0 Å². The largest absolute Gasteiger partial charge is 0.309 e. The van der Waals surface area contributed by atoms with Crippen LogP contribution in [0.2, 0.25) is 0 Å². The minimum atomic E-state index is -0.667. The number of anilines is 3. The molecule has 0 amide bonds. The van der Waals surface area contributed by atoms with Crippen LogP contribution in [0.15, 0.2) is 206 Å². The van der Waals surface area contributed by atoms with Crippen molar-refractivity contribution in [3.63, 3.8) is 0 Å². The van der Waals surface area contributed by atoms with Crippen LogP contribution in [0.4, 0.5) is 17.1 Å². The maximum Gasteiger partial charge on any atom is 0.0733 e. The Kier molecular flexibility index (Phi) is 8.22. The van der Waals surface area contributed by atoms with Crippen molar-refractivity contribution in [2.24, 2.45) is 0 Å². The zero-order valence-corrected chi connectivity index (χ0v) is 35.6. The van der Waals surface area contributed by atoms with Gasteiger partial charge in [-0.1, -0.05) is 204 Å². The molecule has 11 rings (SSSR count). The van der Waals surface area contributed by atoms with Gasteiger partial charge in [-0.3, -0.25) is 0 Å². The summed E-state index contributed by atoms with van der Waals surface area (Å²) in [4.78, 5) is 2.64. The molecule has 0 fully saturated rings. The van der Waals surface area contributed by atoms with Gasteiger partial charge in [0.25, 0.3) is 0 Å². The van der Waals surface area contributed by atoms with Gasteiger partial charge in [-0.25, -0.2) is 0 Å². The number of hydrogen-bond acceptors (Lipinski definition) is 1. The summed E-state index contributed by atoms with van der Waals surface area (Å²) in [5, 5.41) is 2.46. The molecule has 0 saturated carbocycles. The monoisotopic (exact) mass is 783 g/mol. The molecule has 0 heterocycles. The van der Waals surface area contributed by atoms with Gasteiger partial charge in [-0.05, 0) is 109 Å². The van der Waals surface area contributed by atoms with E-state index in [2.05, 4.69) is 240 Å². The Morgan fingerprint density at radius 2 is 1.07 bits per heavy atom. The number of hydrogen-bond donors (Lipinski definition) is 0. The van der Waals surface area contributed by atoms with Crippen molar-refractivity contribution in [3.05, 3.63) is 251 Å². The van der Waals surface area contributed by atoms with Gasteiger partial charge < -0.3 is 4.90 Å². The first kappa shape index (κ1) is 37.1. The zero-order valence-electron chi connectivity index (χ0n) is 35.6. The molecule has 8 aromatic carbocycles. The Morgan fingerprint density at radius 3 is 1.80 bits per heavy atom. The molecule has 0 aliphatic heterocycles. The minimum Gasteiger partial charge on any atom is -0.309 e. The Hall–Kier alpha value is -6.96. The first-order chi connectivity index (χ1) is 29.7. The molecule has 294 valence electrons. The molecule has 1 atom stereocenters. The van der Waals surface area contributed by atoms with Crippen molar-refractivity contribution in [2.45, 2.75) is 50.9 Å². The number of allylic oxidation sites excluding steroid dienone is 5. The fourth-order valence-electron chi connectivity index (χ4n) is 11.5. The summed E-state index contributed by atoms with van der Waals surface area (Å²) in [7, 11) is 0. The number of para-hydroxylation sites is 1. The first-order valence-corrected chi connectivity index (χ1v) is 21.7. The van der Waals surface area contributed by atoms with Gasteiger partial charge in [-0.2, -0.15) is 0 Å². The standard InChI is InChI=1S/C60H49N/c1-7-22-50-42(8-2)44-27-15-19-32-51(44)60(50,40-24-10-9-11-25-40)52-33-20-21-34-55(52)61(41-35-36-46-45-28-14-17-30-48(45)58(3,4)53(46)38-41)57-43-26-13-12-23-39(43)37-54-56(57)47-29-16-18-31-49(47)59(54,5)6/h7-38H,2H2,1,3-6H3/b22-7-. The van der Waals surface area contributed by atoms with Crippen molar-refractivity contribution in [2.75, 3.05) is 4.90 Å². The van der Waals surface area contributed by atoms with Crippen LogP contribution in [-0.2, 0) is 16.2 Å². The number of benzene rings is 8. The van der Waals surface area contributed by atoms with Crippen molar-refractivity contribution in [1.82, 2.24) is 0 Å². The predicted molar refractivity (Wildman–Crippen MR) is 258 cm³/mol. The van der Waals surface area contributed by atoms with Gasteiger partial charge in [0.2, 0.25) is 0 Å². The van der Waals surface area contributed by atoms with Gasteiger partial charge in [0.05, 0.1) is 16.8 Å². The molecule has 0 aromatic heterocycles. The van der Waals surface area contributed by atoms with Crippen LogP contribution >= 0.6 is 0 Å². The number of nitrogens with zero attached hydrogens (tertiary/aromatic N) is 1. The summed E-state index contributed by atoms with van der Waals surface area (Å²) in [6, 6.07) is 66.2. The highest BCUT2D eigenvalue weighted by Crippen LogP contribution is 2.62. The maximum atomic E-state index is 4.45. The van der Waals surface area contributed by atoms with Crippen LogP contribution in [0.5, 0.6) is 0 Å². The van der Waals surface area contributed by atoms with Crippen LogP contribution in [0.25, 0.3) is 38.6 Å². The average Bonchev–Trinajstić information content (AvgIpc) is 3.81. The Labute approximate surface area is 360 Å². The second-order valence-corrected chi connectivity index (χ2v) is 18.0. The van der Waals surface area contributed by atoms with Crippen LogP contribution in [-0.4, -0.2) is 0 Å². The zero-order chi connectivity index (χ0) is 41.7. The predicted octanol–water partition coefficient (Wildman–Crippen LogP) is 15.8. The molecule has 3 aliphatic carbocycles. The van der Waals surface area contributed by atoms with Crippen LogP contribution < -0.4 is 4.90 Å². The van der Waals surface area contributed by atoms with Crippen molar-refractivity contribution < 1.29 is 0 Å². The summed E-state index contributed by atoms with van der Waals surface area (Å²) in [6.07, 6.45) is 6.59. The molecule has 0 bridgehead atoms. The van der Waals surface area contributed by atoms with E-state index in [1.54, 1.807) is 0 Å². The number of rotatable bonds is 7. The van der Waals surface area contributed by atoms with Crippen LogP contribution in [0, 0.1) is 0 Å². The summed E-state index contributed by atoms with van der Waals surface area (Å²) >= 11 is 0. The topological polar surface area (TPSA) is 3.24 Å². The Bertz CT molecular complexity index is 3170. The highest BCUT2D eigenvalue weighted by Gasteiger charge is 2.49. The van der Waals surface area contributed by atoms with Crippen LogP contribution in [0.1, 0.15) is 79.1 Å². The lowest BCUT2D eigenvalue weighted by atomic mass is 9.66. The molecule has 0 saturated heterocycles. The second-order valence-electron chi connectivity index (χ2n) is 18.0. The molecule has 61 heavy (non-hydrogen) atoms. The van der Waals surface area contributed by atoms with E-state index < -0.39 is 5.41 Å². The lowest BCUT2D eigenvalue weighted by molar-refractivity contribution is 0.660. The van der Waals surface area contributed by atoms with E-state index in [-0.39, 0.29) is 10.8 Å². The Morgan fingerprint density at radius 1 is 0.492 bits per heavy atom. The van der Waals surface area contributed by atoms with Gasteiger partial charge in [-0.15, -0.1) is 0 Å². The van der Waals surface area contributed by atoms with Crippen LogP contribution in [0.3, 0.4) is 0 Å². The van der Waals surface area contributed by atoms with E-state index in [4.69, 9.17) is 0 Å². The molecule has 1 unspecified atom stereocenters. The fraction of sp³-hybridized carbons (Fsp3) is 0.133. The summed E-state index contributed by atoms with van der Waals surface area (Å²) in [5.74, 6) is 0. The molecule has 0 radical (unpaired) electrons. The van der Waals surface area contributed by atoms with E-state index in [1.807, 2.05) is 0 Å². The molecule has 1 heteroatoms. The average molecular weight is 784 g/mol. The molecule has 3 aliphatic rings. The maximum absolute atomic E-state index is 4.45. The fourth-order valence-corrected chi connectivity index (χ4v) is 11.5. The summed E-state index contributed by atoms with van der Waals surface area (Å²) in [5.41, 5.74) is 20.4.